The zero-order valence-corrected chi connectivity index (χ0v) is 6.89. The van der Waals surface area contributed by atoms with Crippen molar-refractivity contribution in [2.24, 2.45) is 0 Å². The minimum absolute atomic E-state index is 0.361. The van der Waals surface area contributed by atoms with Crippen molar-refractivity contribution >= 4 is 5.78 Å². The number of carbonyl (C=O) groups is 1. The average molecular weight is 140 g/mol. The van der Waals surface area contributed by atoms with Crippen molar-refractivity contribution in [2.45, 2.75) is 39.5 Å². The Labute approximate surface area is 63.1 Å². The second-order valence-corrected chi connectivity index (χ2v) is 2.42. The van der Waals surface area contributed by atoms with Gasteiger partial charge >= 0.3 is 0 Å². The molecule has 0 spiro atoms. The SMILES string of the molecule is C/C=C/CC(=O)CCCC. The molecule has 10 heavy (non-hydrogen) atoms. The van der Waals surface area contributed by atoms with E-state index in [2.05, 4.69) is 6.92 Å². The van der Waals surface area contributed by atoms with Crippen molar-refractivity contribution in [1.82, 2.24) is 0 Å². The van der Waals surface area contributed by atoms with Crippen LogP contribution in [-0.4, -0.2) is 5.78 Å². The molecule has 0 saturated heterocycles. The van der Waals surface area contributed by atoms with E-state index in [9.17, 15) is 4.79 Å². The van der Waals surface area contributed by atoms with Crippen LogP contribution in [0.5, 0.6) is 0 Å². The Morgan fingerprint density at radius 1 is 1.50 bits per heavy atom. The molecule has 0 aliphatic carbocycles. The van der Waals surface area contributed by atoms with Gasteiger partial charge in [0.05, 0.1) is 0 Å². The van der Waals surface area contributed by atoms with E-state index in [1.807, 2.05) is 19.1 Å². The van der Waals surface area contributed by atoms with E-state index in [4.69, 9.17) is 0 Å². The first-order valence-corrected chi connectivity index (χ1v) is 3.94. The monoisotopic (exact) mass is 140 g/mol. The molecule has 0 aliphatic heterocycles. The molecule has 0 unspecified atom stereocenters. The fraction of sp³-hybridized carbons (Fsp3) is 0.667. The molecule has 0 atom stereocenters. The van der Waals surface area contributed by atoms with Crippen molar-refractivity contribution in [3.05, 3.63) is 12.2 Å². The van der Waals surface area contributed by atoms with Gasteiger partial charge in [0.25, 0.3) is 0 Å². The number of hydrogen-bond acceptors (Lipinski definition) is 1. The first-order valence-electron chi connectivity index (χ1n) is 3.94. The van der Waals surface area contributed by atoms with E-state index in [0.717, 1.165) is 19.3 Å². The molecule has 1 heteroatoms. The van der Waals surface area contributed by atoms with Crippen LogP contribution in [-0.2, 0) is 4.79 Å². The van der Waals surface area contributed by atoms with Crippen molar-refractivity contribution in [3.8, 4) is 0 Å². The molecule has 58 valence electrons. The number of carbonyl (C=O) groups excluding carboxylic acids is 1. The smallest absolute Gasteiger partial charge is 0.136 e. The van der Waals surface area contributed by atoms with Crippen LogP contribution in [0.4, 0.5) is 0 Å². The Hall–Kier alpha value is -0.590. The Balaban J connectivity index is 3.25. The third kappa shape index (κ3) is 5.54. The highest BCUT2D eigenvalue weighted by atomic mass is 16.1. The molecule has 0 N–H and O–H groups in total. The van der Waals surface area contributed by atoms with E-state index in [1.165, 1.54) is 0 Å². The number of rotatable bonds is 5. The Bertz CT molecular complexity index is 114. The van der Waals surface area contributed by atoms with E-state index in [1.54, 1.807) is 0 Å². The number of allylic oxidation sites excluding steroid dienone is 2. The number of ketones is 1. The quantitative estimate of drug-likeness (QED) is 0.536. The van der Waals surface area contributed by atoms with Gasteiger partial charge in [-0.2, -0.15) is 0 Å². The highest BCUT2D eigenvalue weighted by Gasteiger charge is 1.95. The predicted octanol–water partition coefficient (Wildman–Crippen LogP) is 2.71. The molecule has 0 aromatic carbocycles. The zero-order chi connectivity index (χ0) is 7.82. The Morgan fingerprint density at radius 2 is 2.20 bits per heavy atom. The minimum atomic E-state index is 0.361. The zero-order valence-electron chi connectivity index (χ0n) is 6.89. The summed E-state index contributed by atoms with van der Waals surface area (Å²) in [5.41, 5.74) is 0. The van der Waals surface area contributed by atoms with Crippen LogP contribution >= 0.6 is 0 Å². The highest BCUT2D eigenvalue weighted by molar-refractivity contribution is 5.79. The third-order valence-electron chi connectivity index (χ3n) is 1.39. The second kappa shape index (κ2) is 6.53. The predicted molar refractivity (Wildman–Crippen MR) is 44.0 cm³/mol. The van der Waals surface area contributed by atoms with E-state index in [-0.39, 0.29) is 0 Å². The lowest BCUT2D eigenvalue weighted by molar-refractivity contribution is -0.118. The standard InChI is InChI=1S/C9H16O/c1-3-5-7-9(10)8-6-4-2/h3,5H,4,6-8H2,1-2H3/b5-3+. The van der Waals surface area contributed by atoms with Gasteiger partial charge in [-0.25, -0.2) is 0 Å². The van der Waals surface area contributed by atoms with Gasteiger partial charge < -0.3 is 0 Å². The Kier molecular flexibility index (Phi) is 6.14. The van der Waals surface area contributed by atoms with Gasteiger partial charge in [-0.3, -0.25) is 4.79 Å². The van der Waals surface area contributed by atoms with Gasteiger partial charge in [0.15, 0.2) is 0 Å². The molecular formula is C9H16O. The molecule has 0 aliphatic rings. The normalized spacial score (nSPS) is 10.6. The molecular weight excluding hydrogens is 124 g/mol. The average Bonchev–Trinajstić information content (AvgIpc) is 1.97. The van der Waals surface area contributed by atoms with Gasteiger partial charge in [0, 0.05) is 12.8 Å². The molecule has 0 bridgehead atoms. The van der Waals surface area contributed by atoms with Crippen LogP contribution in [0.15, 0.2) is 12.2 Å². The van der Waals surface area contributed by atoms with Gasteiger partial charge in [0.1, 0.15) is 5.78 Å². The van der Waals surface area contributed by atoms with Crippen molar-refractivity contribution in [3.63, 3.8) is 0 Å². The summed E-state index contributed by atoms with van der Waals surface area (Å²) < 4.78 is 0. The molecule has 0 aromatic rings. The minimum Gasteiger partial charge on any atom is -0.299 e. The number of hydrogen-bond donors (Lipinski definition) is 0. The maximum atomic E-state index is 10.9. The summed E-state index contributed by atoms with van der Waals surface area (Å²) in [7, 11) is 0. The van der Waals surface area contributed by atoms with Crippen molar-refractivity contribution < 1.29 is 4.79 Å². The topological polar surface area (TPSA) is 17.1 Å². The van der Waals surface area contributed by atoms with Gasteiger partial charge in [-0.05, 0) is 13.3 Å². The van der Waals surface area contributed by atoms with Gasteiger partial charge in [-0.1, -0.05) is 25.5 Å². The molecule has 0 heterocycles. The van der Waals surface area contributed by atoms with Crippen LogP contribution < -0.4 is 0 Å². The lowest BCUT2D eigenvalue weighted by Gasteiger charge is -1.92. The summed E-state index contributed by atoms with van der Waals surface area (Å²) in [6, 6.07) is 0. The molecule has 0 aromatic heterocycles. The lowest BCUT2D eigenvalue weighted by Crippen LogP contribution is -1.93. The van der Waals surface area contributed by atoms with Crippen molar-refractivity contribution in [1.29, 1.82) is 0 Å². The molecule has 0 radical (unpaired) electrons. The highest BCUT2D eigenvalue weighted by Crippen LogP contribution is 1.98. The third-order valence-corrected chi connectivity index (χ3v) is 1.39. The summed E-state index contributed by atoms with van der Waals surface area (Å²) >= 11 is 0. The number of Topliss-reactive ketones (excluding diaryl/α,β-unsaturated/α-hetero) is 1. The second-order valence-electron chi connectivity index (χ2n) is 2.42. The van der Waals surface area contributed by atoms with E-state index >= 15 is 0 Å². The fourth-order valence-corrected chi connectivity index (χ4v) is 0.725. The maximum Gasteiger partial charge on any atom is 0.136 e. The van der Waals surface area contributed by atoms with E-state index in [0.29, 0.717) is 12.2 Å². The van der Waals surface area contributed by atoms with Gasteiger partial charge in [-0.15, -0.1) is 0 Å². The van der Waals surface area contributed by atoms with Crippen molar-refractivity contribution in [2.75, 3.05) is 0 Å². The van der Waals surface area contributed by atoms with Crippen LogP contribution in [0.1, 0.15) is 39.5 Å². The number of unbranched alkanes of at least 4 members (excludes halogenated alkanes) is 1. The van der Waals surface area contributed by atoms with E-state index < -0.39 is 0 Å². The van der Waals surface area contributed by atoms with Crippen LogP contribution in [0, 0.1) is 0 Å². The summed E-state index contributed by atoms with van der Waals surface area (Å²) in [5, 5.41) is 0. The molecule has 1 nitrogen and oxygen atoms in total. The summed E-state index contributed by atoms with van der Waals surface area (Å²) in [5.74, 6) is 0.361. The van der Waals surface area contributed by atoms with Crippen LogP contribution in [0.3, 0.4) is 0 Å². The largest absolute Gasteiger partial charge is 0.299 e. The molecule has 0 amide bonds. The lowest BCUT2D eigenvalue weighted by atomic mass is 10.1. The summed E-state index contributed by atoms with van der Waals surface area (Å²) in [4.78, 5) is 10.9. The fourth-order valence-electron chi connectivity index (χ4n) is 0.725. The maximum absolute atomic E-state index is 10.9. The molecule has 0 saturated carbocycles. The van der Waals surface area contributed by atoms with Crippen LogP contribution in [0.2, 0.25) is 0 Å². The summed E-state index contributed by atoms with van der Waals surface area (Å²) in [6.45, 7) is 4.04. The molecule has 0 fully saturated rings. The van der Waals surface area contributed by atoms with Gasteiger partial charge in [0.2, 0.25) is 0 Å². The molecule has 0 rings (SSSR count). The first kappa shape index (κ1) is 9.41. The summed E-state index contributed by atoms with van der Waals surface area (Å²) in [6.07, 6.45) is 7.36. The van der Waals surface area contributed by atoms with Crippen LogP contribution in [0.25, 0.3) is 0 Å². The first-order chi connectivity index (χ1) is 4.81. The Morgan fingerprint density at radius 3 is 2.70 bits per heavy atom.